The van der Waals surface area contributed by atoms with Crippen LogP contribution in [0, 0.1) is 5.92 Å². The fraction of sp³-hybridized carbons (Fsp3) is 0.316. The standard InChI is InChI=1S/C19H21N7O/c1-26(13-5-6-17(27-2)22-10-13)19-21-8-7-15(25-19)14-11-23-18(20)24-16(14)9-12-3-4-12/h5-8,10-12H,3-4,9H2,1-2H3,(H2,20,23,24). The number of nitrogens with two attached hydrogens (primary N) is 1. The summed E-state index contributed by atoms with van der Waals surface area (Å²) < 4.78 is 5.11. The number of hydrogen-bond acceptors (Lipinski definition) is 8. The molecule has 0 aromatic carbocycles. The molecule has 0 unspecified atom stereocenters. The Morgan fingerprint density at radius 3 is 2.67 bits per heavy atom. The minimum atomic E-state index is 0.296. The van der Waals surface area contributed by atoms with Crippen molar-refractivity contribution in [2.24, 2.45) is 5.92 Å². The summed E-state index contributed by atoms with van der Waals surface area (Å²) in [6, 6.07) is 5.58. The number of pyridine rings is 1. The van der Waals surface area contributed by atoms with Crippen LogP contribution in [0.15, 0.2) is 36.8 Å². The van der Waals surface area contributed by atoms with Gasteiger partial charge < -0.3 is 15.4 Å². The predicted molar refractivity (Wildman–Crippen MR) is 103 cm³/mol. The van der Waals surface area contributed by atoms with Gasteiger partial charge in [0.05, 0.1) is 30.4 Å². The lowest BCUT2D eigenvalue weighted by atomic mass is 10.1. The molecule has 138 valence electrons. The highest BCUT2D eigenvalue weighted by Crippen LogP contribution is 2.35. The van der Waals surface area contributed by atoms with E-state index in [-0.39, 0.29) is 0 Å². The predicted octanol–water partition coefficient (Wildman–Crippen LogP) is 2.64. The first-order chi connectivity index (χ1) is 13.1. The summed E-state index contributed by atoms with van der Waals surface area (Å²) in [5.41, 5.74) is 9.29. The second-order valence-corrected chi connectivity index (χ2v) is 6.60. The second kappa shape index (κ2) is 7.14. The highest BCUT2D eigenvalue weighted by atomic mass is 16.5. The molecule has 4 rings (SSSR count). The summed E-state index contributed by atoms with van der Waals surface area (Å²) in [7, 11) is 3.49. The number of rotatable bonds is 6. The van der Waals surface area contributed by atoms with Gasteiger partial charge in [-0.1, -0.05) is 0 Å². The van der Waals surface area contributed by atoms with E-state index in [9.17, 15) is 0 Å². The van der Waals surface area contributed by atoms with Crippen molar-refractivity contribution in [2.45, 2.75) is 19.3 Å². The fourth-order valence-corrected chi connectivity index (χ4v) is 2.86. The second-order valence-electron chi connectivity index (χ2n) is 6.60. The number of methoxy groups -OCH3 is 1. The van der Waals surface area contributed by atoms with Crippen LogP contribution in [0.5, 0.6) is 5.88 Å². The first-order valence-corrected chi connectivity index (χ1v) is 8.82. The third-order valence-electron chi connectivity index (χ3n) is 4.60. The lowest BCUT2D eigenvalue weighted by molar-refractivity contribution is 0.398. The summed E-state index contributed by atoms with van der Waals surface area (Å²) in [6.07, 6.45) is 8.60. The minimum Gasteiger partial charge on any atom is -0.481 e. The summed E-state index contributed by atoms with van der Waals surface area (Å²) >= 11 is 0. The van der Waals surface area contributed by atoms with Gasteiger partial charge in [-0.3, -0.25) is 0 Å². The zero-order valence-corrected chi connectivity index (χ0v) is 15.3. The molecule has 2 N–H and O–H groups in total. The van der Waals surface area contributed by atoms with E-state index in [1.807, 2.05) is 24.1 Å². The number of nitrogens with zero attached hydrogens (tertiary/aromatic N) is 6. The number of aromatic nitrogens is 5. The summed E-state index contributed by atoms with van der Waals surface area (Å²) in [5.74, 6) is 2.11. The topological polar surface area (TPSA) is 103 Å². The van der Waals surface area contributed by atoms with Gasteiger partial charge in [-0.15, -0.1) is 0 Å². The maximum Gasteiger partial charge on any atom is 0.230 e. The van der Waals surface area contributed by atoms with Crippen LogP contribution in [0.2, 0.25) is 0 Å². The van der Waals surface area contributed by atoms with Gasteiger partial charge in [0.15, 0.2) is 0 Å². The van der Waals surface area contributed by atoms with Crippen molar-refractivity contribution in [1.29, 1.82) is 0 Å². The average molecular weight is 363 g/mol. The van der Waals surface area contributed by atoms with Gasteiger partial charge in [0.25, 0.3) is 0 Å². The highest BCUT2D eigenvalue weighted by molar-refractivity contribution is 5.64. The smallest absolute Gasteiger partial charge is 0.230 e. The summed E-state index contributed by atoms with van der Waals surface area (Å²) in [5, 5.41) is 0. The van der Waals surface area contributed by atoms with Crippen molar-refractivity contribution < 1.29 is 4.74 Å². The molecule has 0 saturated heterocycles. The van der Waals surface area contributed by atoms with Gasteiger partial charge in [-0.25, -0.2) is 24.9 Å². The molecular weight excluding hydrogens is 342 g/mol. The van der Waals surface area contributed by atoms with Crippen molar-refractivity contribution in [3.8, 4) is 17.1 Å². The Morgan fingerprint density at radius 1 is 1.11 bits per heavy atom. The third-order valence-corrected chi connectivity index (χ3v) is 4.60. The zero-order valence-electron chi connectivity index (χ0n) is 15.3. The largest absolute Gasteiger partial charge is 0.481 e. The molecule has 8 nitrogen and oxygen atoms in total. The minimum absolute atomic E-state index is 0.296. The van der Waals surface area contributed by atoms with E-state index in [0.717, 1.165) is 29.1 Å². The summed E-state index contributed by atoms with van der Waals surface area (Å²) in [6.45, 7) is 0. The molecule has 1 saturated carbocycles. The van der Waals surface area contributed by atoms with Gasteiger partial charge in [0.1, 0.15) is 0 Å². The van der Waals surface area contributed by atoms with Gasteiger partial charge in [-0.05, 0) is 37.3 Å². The number of anilines is 3. The number of ether oxygens (including phenoxy) is 1. The molecule has 1 fully saturated rings. The molecule has 1 aliphatic carbocycles. The van der Waals surface area contributed by atoms with E-state index in [0.29, 0.717) is 23.7 Å². The van der Waals surface area contributed by atoms with Crippen LogP contribution in [-0.2, 0) is 6.42 Å². The van der Waals surface area contributed by atoms with E-state index in [2.05, 4.69) is 19.9 Å². The van der Waals surface area contributed by atoms with Crippen molar-refractivity contribution >= 4 is 17.6 Å². The molecule has 3 aromatic heterocycles. The quantitative estimate of drug-likeness (QED) is 0.713. The van der Waals surface area contributed by atoms with Crippen LogP contribution >= 0.6 is 0 Å². The Bertz CT molecular complexity index is 941. The van der Waals surface area contributed by atoms with Gasteiger partial charge in [0.2, 0.25) is 17.8 Å². The lowest BCUT2D eigenvalue weighted by Crippen LogP contribution is -2.14. The maximum absolute atomic E-state index is 5.80. The third kappa shape index (κ3) is 3.79. The maximum atomic E-state index is 5.80. The van der Waals surface area contributed by atoms with Crippen LogP contribution < -0.4 is 15.4 Å². The molecule has 1 aliphatic rings. The fourth-order valence-electron chi connectivity index (χ4n) is 2.86. The molecule has 0 radical (unpaired) electrons. The molecule has 27 heavy (non-hydrogen) atoms. The first kappa shape index (κ1) is 17.1. The molecule has 0 bridgehead atoms. The van der Waals surface area contributed by atoms with Crippen LogP contribution in [0.3, 0.4) is 0 Å². The Hall–Kier alpha value is -3.29. The van der Waals surface area contributed by atoms with E-state index in [1.54, 1.807) is 31.8 Å². The molecular formula is C19H21N7O. The molecule has 3 heterocycles. The average Bonchev–Trinajstić information content (AvgIpc) is 3.52. The highest BCUT2D eigenvalue weighted by Gasteiger charge is 2.24. The van der Waals surface area contributed by atoms with Crippen LogP contribution in [-0.4, -0.2) is 39.1 Å². The summed E-state index contributed by atoms with van der Waals surface area (Å²) in [4.78, 5) is 23.8. The Kier molecular flexibility index (Phi) is 4.53. The van der Waals surface area contributed by atoms with Gasteiger partial charge >= 0.3 is 0 Å². The number of nitrogen functional groups attached to an aromatic ring is 1. The van der Waals surface area contributed by atoms with E-state index in [1.165, 1.54) is 12.8 Å². The Balaban J connectivity index is 1.66. The van der Waals surface area contributed by atoms with Gasteiger partial charge in [-0.2, -0.15) is 0 Å². The normalized spacial score (nSPS) is 13.4. The molecule has 0 spiro atoms. The van der Waals surface area contributed by atoms with Crippen molar-refractivity contribution in [2.75, 3.05) is 24.8 Å². The molecule has 0 amide bonds. The first-order valence-electron chi connectivity index (χ1n) is 8.82. The Morgan fingerprint density at radius 2 is 1.96 bits per heavy atom. The molecule has 3 aromatic rings. The SMILES string of the molecule is COc1ccc(N(C)c2nccc(-c3cnc(N)nc3CC3CC3)n2)cn1. The van der Waals surface area contributed by atoms with Crippen LogP contribution in [0.4, 0.5) is 17.6 Å². The van der Waals surface area contributed by atoms with Crippen molar-refractivity contribution in [3.63, 3.8) is 0 Å². The molecule has 0 atom stereocenters. The van der Waals surface area contributed by atoms with Crippen molar-refractivity contribution in [1.82, 2.24) is 24.9 Å². The zero-order chi connectivity index (χ0) is 18.8. The lowest BCUT2D eigenvalue weighted by Gasteiger charge is -2.18. The molecule has 8 heteroatoms. The monoisotopic (exact) mass is 363 g/mol. The molecule has 0 aliphatic heterocycles. The van der Waals surface area contributed by atoms with Crippen LogP contribution in [0.25, 0.3) is 11.3 Å². The van der Waals surface area contributed by atoms with Gasteiger partial charge in [0, 0.05) is 31.1 Å². The van der Waals surface area contributed by atoms with E-state index >= 15 is 0 Å². The van der Waals surface area contributed by atoms with Crippen LogP contribution in [0.1, 0.15) is 18.5 Å². The van der Waals surface area contributed by atoms with E-state index in [4.69, 9.17) is 15.5 Å². The van der Waals surface area contributed by atoms with E-state index < -0.39 is 0 Å². The number of hydrogen-bond donors (Lipinski definition) is 1. The van der Waals surface area contributed by atoms with Crippen molar-refractivity contribution in [3.05, 3.63) is 42.5 Å². The Labute approximate surface area is 157 Å².